The smallest absolute Gasteiger partial charge is 0.285 e. The summed E-state index contributed by atoms with van der Waals surface area (Å²) in [5.41, 5.74) is 0.405. The molecular weight excluding hydrogens is 260 g/mol. The molecule has 2 heterocycles. The first-order valence-corrected chi connectivity index (χ1v) is 6.14. The van der Waals surface area contributed by atoms with E-state index in [4.69, 9.17) is 0 Å². The van der Waals surface area contributed by atoms with Gasteiger partial charge in [0, 0.05) is 24.9 Å². The van der Waals surface area contributed by atoms with Crippen LogP contribution in [0.4, 0.5) is 11.5 Å². The van der Waals surface area contributed by atoms with Gasteiger partial charge in [-0.25, -0.2) is 4.98 Å². The summed E-state index contributed by atoms with van der Waals surface area (Å²) in [4.78, 5) is 26.0. The molecule has 104 valence electrons. The highest BCUT2D eigenvalue weighted by molar-refractivity contribution is 5.35. The Balaban J connectivity index is 2.23. The van der Waals surface area contributed by atoms with Gasteiger partial charge in [0.1, 0.15) is 5.82 Å². The lowest BCUT2D eigenvalue weighted by atomic mass is 10.2. The van der Waals surface area contributed by atoms with Gasteiger partial charge in [0.05, 0.1) is 17.7 Å². The molecule has 0 atom stereocenters. The van der Waals surface area contributed by atoms with Crippen molar-refractivity contribution in [1.82, 2.24) is 9.55 Å². The Morgan fingerprint density at radius 2 is 2.15 bits per heavy atom. The van der Waals surface area contributed by atoms with Gasteiger partial charge in [0.15, 0.2) is 0 Å². The van der Waals surface area contributed by atoms with Gasteiger partial charge < -0.3 is 9.88 Å². The third-order valence-corrected chi connectivity index (χ3v) is 2.71. The van der Waals surface area contributed by atoms with Crippen molar-refractivity contribution in [1.29, 1.82) is 0 Å². The lowest BCUT2D eigenvalue weighted by Gasteiger charge is -2.06. The van der Waals surface area contributed by atoms with Crippen LogP contribution in [-0.2, 0) is 6.54 Å². The summed E-state index contributed by atoms with van der Waals surface area (Å²) in [5.74, 6) is 0.752. The molecule has 0 saturated carbocycles. The van der Waals surface area contributed by atoms with Gasteiger partial charge >= 0.3 is 0 Å². The Morgan fingerprint density at radius 1 is 1.35 bits per heavy atom. The van der Waals surface area contributed by atoms with Crippen LogP contribution < -0.4 is 10.9 Å². The van der Waals surface area contributed by atoms with Crippen LogP contribution in [0.5, 0.6) is 0 Å². The van der Waals surface area contributed by atoms with E-state index < -0.39 is 4.92 Å². The average Bonchev–Trinajstić information content (AvgIpc) is 2.43. The maximum Gasteiger partial charge on any atom is 0.285 e. The van der Waals surface area contributed by atoms with Gasteiger partial charge in [-0.1, -0.05) is 6.07 Å². The summed E-state index contributed by atoms with van der Waals surface area (Å²) in [6.07, 6.45) is 2.88. The molecule has 0 aliphatic carbocycles. The van der Waals surface area contributed by atoms with Gasteiger partial charge in [-0.05, 0) is 18.6 Å². The molecule has 2 aromatic rings. The van der Waals surface area contributed by atoms with Crippen molar-refractivity contribution in [2.45, 2.75) is 13.5 Å². The van der Waals surface area contributed by atoms with E-state index in [1.165, 1.54) is 22.9 Å². The predicted molar refractivity (Wildman–Crippen MR) is 74.9 cm³/mol. The van der Waals surface area contributed by atoms with Crippen LogP contribution in [0.1, 0.15) is 12.5 Å². The Hall–Kier alpha value is -2.70. The first kappa shape index (κ1) is 13.7. The topological polar surface area (TPSA) is 90.1 Å². The van der Waals surface area contributed by atoms with Crippen molar-refractivity contribution in [3.8, 4) is 0 Å². The molecule has 1 N–H and O–H groups in total. The highest BCUT2D eigenvalue weighted by Crippen LogP contribution is 2.09. The van der Waals surface area contributed by atoms with Crippen LogP contribution in [0, 0.1) is 10.1 Å². The fourth-order valence-electron chi connectivity index (χ4n) is 1.75. The molecule has 0 saturated heterocycles. The number of aromatic nitrogens is 2. The lowest BCUT2D eigenvalue weighted by molar-refractivity contribution is -0.385. The van der Waals surface area contributed by atoms with E-state index in [-0.39, 0.29) is 17.8 Å². The molecular formula is C13H14N4O3. The molecule has 7 heteroatoms. The van der Waals surface area contributed by atoms with Crippen LogP contribution in [-0.4, -0.2) is 21.0 Å². The third-order valence-electron chi connectivity index (χ3n) is 2.71. The normalized spacial score (nSPS) is 10.2. The molecule has 2 rings (SSSR count). The van der Waals surface area contributed by atoms with Crippen molar-refractivity contribution in [3.63, 3.8) is 0 Å². The molecule has 20 heavy (non-hydrogen) atoms. The van der Waals surface area contributed by atoms with E-state index >= 15 is 0 Å². The quantitative estimate of drug-likeness (QED) is 0.661. The number of hydrogen-bond donors (Lipinski definition) is 1. The molecule has 0 bridgehead atoms. The zero-order valence-electron chi connectivity index (χ0n) is 10.9. The molecule has 7 nitrogen and oxygen atoms in total. The Bertz CT molecular complexity index is 664. The van der Waals surface area contributed by atoms with Gasteiger partial charge in [0.25, 0.3) is 11.2 Å². The van der Waals surface area contributed by atoms with Crippen molar-refractivity contribution >= 4 is 11.5 Å². The average molecular weight is 274 g/mol. The monoisotopic (exact) mass is 274 g/mol. The van der Waals surface area contributed by atoms with Crippen LogP contribution in [0.2, 0.25) is 0 Å². The molecule has 0 amide bonds. The Kier molecular flexibility index (Phi) is 4.09. The summed E-state index contributed by atoms with van der Waals surface area (Å²) < 4.78 is 1.29. The van der Waals surface area contributed by atoms with Gasteiger partial charge in [0.2, 0.25) is 0 Å². The predicted octanol–water partition coefficient (Wildman–Crippen LogP) is 1.63. The van der Waals surface area contributed by atoms with E-state index in [0.29, 0.717) is 0 Å². The van der Waals surface area contributed by atoms with E-state index in [2.05, 4.69) is 10.3 Å². The van der Waals surface area contributed by atoms with Crippen molar-refractivity contribution in [2.75, 3.05) is 11.9 Å². The minimum atomic E-state index is -0.525. The Morgan fingerprint density at radius 3 is 2.75 bits per heavy atom. The van der Waals surface area contributed by atoms with E-state index in [1.54, 1.807) is 12.3 Å². The minimum Gasteiger partial charge on any atom is -0.370 e. The SMILES string of the molecule is CCNc1ccc(Cn2cc([N+](=O)[O-])ccc2=O)cn1. The van der Waals surface area contributed by atoms with Crippen molar-refractivity contribution in [3.05, 3.63) is 62.7 Å². The fourth-order valence-corrected chi connectivity index (χ4v) is 1.75. The Labute approximate surface area is 115 Å². The van der Waals surface area contributed by atoms with Gasteiger partial charge in [-0.3, -0.25) is 14.9 Å². The van der Waals surface area contributed by atoms with E-state index in [1.807, 2.05) is 13.0 Å². The van der Waals surface area contributed by atoms with Crippen LogP contribution in [0.25, 0.3) is 0 Å². The first-order valence-electron chi connectivity index (χ1n) is 6.14. The maximum absolute atomic E-state index is 11.7. The number of nitrogens with one attached hydrogen (secondary N) is 1. The summed E-state index contributed by atoms with van der Waals surface area (Å²) >= 11 is 0. The molecule has 0 fully saturated rings. The van der Waals surface area contributed by atoms with E-state index in [9.17, 15) is 14.9 Å². The standard InChI is InChI=1S/C13H14N4O3/c1-2-14-12-5-3-10(7-15-12)8-16-9-11(17(19)20)4-6-13(16)18/h3-7,9H,2,8H2,1H3,(H,14,15). The van der Waals surface area contributed by atoms with Gasteiger partial charge in [-0.15, -0.1) is 0 Å². The summed E-state index contributed by atoms with van der Waals surface area (Å²) in [6.45, 7) is 2.99. The fraction of sp³-hybridized carbons (Fsp3) is 0.231. The second kappa shape index (κ2) is 5.96. The highest BCUT2D eigenvalue weighted by Gasteiger charge is 2.08. The summed E-state index contributed by atoms with van der Waals surface area (Å²) in [6, 6.07) is 6.03. The van der Waals surface area contributed by atoms with E-state index in [0.717, 1.165) is 17.9 Å². The second-order valence-electron chi connectivity index (χ2n) is 4.19. The lowest BCUT2D eigenvalue weighted by Crippen LogP contribution is -2.19. The zero-order chi connectivity index (χ0) is 14.5. The first-order chi connectivity index (χ1) is 9.60. The number of nitro groups is 1. The summed E-state index contributed by atoms with van der Waals surface area (Å²) in [7, 11) is 0. The van der Waals surface area contributed by atoms with Crippen molar-refractivity contribution in [2.24, 2.45) is 0 Å². The molecule has 0 unspecified atom stereocenters. The highest BCUT2D eigenvalue weighted by atomic mass is 16.6. The molecule has 0 aliphatic rings. The molecule has 0 spiro atoms. The zero-order valence-corrected chi connectivity index (χ0v) is 10.9. The van der Waals surface area contributed by atoms with Gasteiger partial charge in [-0.2, -0.15) is 0 Å². The molecule has 0 radical (unpaired) electrons. The summed E-state index contributed by atoms with van der Waals surface area (Å²) in [5, 5.41) is 13.8. The minimum absolute atomic E-state index is 0.109. The van der Waals surface area contributed by atoms with Crippen molar-refractivity contribution < 1.29 is 4.92 Å². The number of hydrogen-bond acceptors (Lipinski definition) is 5. The molecule has 2 aromatic heterocycles. The third kappa shape index (κ3) is 3.19. The second-order valence-corrected chi connectivity index (χ2v) is 4.19. The molecule has 0 aromatic carbocycles. The number of nitrogens with zero attached hydrogens (tertiary/aromatic N) is 3. The van der Waals surface area contributed by atoms with Crippen LogP contribution in [0.3, 0.4) is 0 Å². The number of anilines is 1. The largest absolute Gasteiger partial charge is 0.370 e. The maximum atomic E-state index is 11.7. The van der Waals surface area contributed by atoms with Crippen LogP contribution in [0.15, 0.2) is 41.5 Å². The number of rotatable bonds is 5. The number of pyridine rings is 2. The van der Waals surface area contributed by atoms with Crippen LogP contribution >= 0.6 is 0 Å². The molecule has 0 aliphatic heterocycles.